The number of ether oxygens (including phenoxy) is 1. The van der Waals surface area contributed by atoms with Crippen molar-refractivity contribution in [3.8, 4) is 5.75 Å². The molecule has 2 fully saturated rings. The Bertz CT molecular complexity index is 422. The molecule has 0 bridgehead atoms. The molecule has 1 saturated heterocycles. The van der Waals surface area contributed by atoms with Gasteiger partial charge in [-0.25, -0.2) is 0 Å². The Hall–Kier alpha value is -1.26. The molecule has 2 aliphatic rings. The van der Waals surface area contributed by atoms with Crippen LogP contribution in [0.25, 0.3) is 0 Å². The van der Waals surface area contributed by atoms with Crippen LogP contribution < -0.4 is 15.4 Å². The molecular formula is C16H25N3O. The third kappa shape index (κ3) is 3.25. The van der Waals surface area contributed by atoms with Gasteiger partial charge in [0.05, 0.1) is 7.11 Å². The number of rotatable bonds is 5. The molecule has 110 valence electrons. The number of piperazine rings is 1. The van der Waals surface area contributed by atoms with Crippen LogP contribution in [0.15, 0.2) is 24.3 Å². The van der Waals surface area contributed by atoms with E-state index >= 15 is 0 Å². The summed E-state index contributed by atoms with van der Waals surface area (Å²) in [5.41, 5.74) is 7.51. The van der Waals surface area contributed by atoms with Crippen molar-refractivity contribution in [2.45, 2.75) is 18.9 Å². The molecule has 0 spiro atoms. The minimum atomic E-state index is 0.391. The van der Waals surface area contributed by atoms with Gasteiger partial charge in [-0.05, 0) is 43.0 Å². The smallest absolute Gasteiger partial charge is 0.119 e. The van der Waals surface area contributed by atoms with E-state index in [0.717, 1.165) is 44.4 Å². The van der Waals surface area contributed by atoms with Crippen LogP contribution in [-0.2, 0) is 0 Å². The standard InChI is InChI=1S/C16H25N3O/c1-20-15-6-4-14(5-7-15)19-10-8-18(9-11-19)12-16(17)13-2-3-13/h4-7,13,16H,2-3,8-12,17H2,1H3. The first kappa shape index (κ1) is 13.7. The van der Waals surface area contributed by atoms with Gasteiger partial charge >= 0.3 is 0 Å². The van der Waals surface area contributed by atoms with Crippen molar-refractivity contribution in [3.63, 3.8) is 0 Å². The van der Waals surface area contributed by atoms with Crippen molar-refractivity contribution in [1.82, 2.24) is 4.90 Å². The van der Waals surface area contributed by atoms with E-state index in [0.29, 0.717) is 6.04 Å². The highest BCUT2D eigenvalue weighted by Gasteiger charge is 2.30. The van der Waals surface area contributed by atoms with Gasteiger partial charge in [-0.3, -0.25) is 4.90 Å². The highest BCUT2D eigenvalue weighted by atomic mass is 16.5. The fourth-order valence-electron chi connectivity index (χ4n) is 2.95. The normalized spacial score (nSPS) is 21.8. The van der Waals surface area contributed by atoms with Crippen LogP contribution in [0, 0.1) is 5.92 Å². The molecule has 0 aromatic heterocycles. The van der Waals surface area contributed by atoms with Gasteiger partial charge in [-0.2, -0.15) is 0 Å². The molecule has 0 radical (unpaired) electrons. The molecule has 0 amide bonds. The maximum Gasteiger partial charge on any atom is 0.119 e. The number of benzene rings is 1. The molecule has 1 saturated carbocycles. The lowest BCUT2D eigenvalue weighted by Crippen LogP contribution is -2.50. The van der Waals surface area contributed by atoms with E-state index in [-0.39, 0.29) is 0 Å². The number of anilines is 1. The first-order valence-corrected chi connectivity index (χ1v) is 7.63. The van der Waals surface area contributed by atoms with Crippen LogP contribution in [0.5, 0.6) is 5.75 Å². The molecule has 3 rings (SSSR count). The van der Waals surface area contributed by atoms with Gasteiger partial charge < -0.3 is 15.4 Å². The van der Waals surface area contributed by atoms with Gasteiger partial charge in [-0.15, -0.1) is 0 Å². The second kappa shape index (κ2) is 6.02. The zero-order valence-electron chi connectivity index (χ0n) is 12.3. The summed E-state index contributed by atoms with van der Waals surface area (Å²) >= 11 is 0. The highest BCUT2D eigenvalue weighted by molar-refractivity contribution is 5.49. The monoisotopic (exact) mass is 275 g/mol. The average Bonchev–Trinajstić information content (AvgIpc) is 3.33. The Morgan fingerprint density at radius 1 is 1.15 bits per heavy atom. The predicted molar refractivity (Wildman–Crippen MR) is 82.3 cm³/mol. The second-order valence-electron chi connectivity index (χ2n) is 5.99. The van der Waals surface area contributed by atoms with Gasteiger partial charge in [-0.1, -0.05) is 0 Å². The number of nitrogens with zero attached hydrogens (tertiary/aromatic N) is 2. The maximum atomic E-state index is 6.22. The number of nitrogens with two attached hydrogens (primary N) is 1. The molecule has 1 unspecified atom stereocenters. The maximum absolute atomic E-state index is 6.22. The van der Waals surface area contributed by atoms with Crippen LogP contribution in [-0.4, -0.2) is 50.8 Å². The third-order valence-electron chi connectivity index (χ3n) is 4.51. The fraction of sp³-hybridized carbons (Fsp3) is 0.625. The highest BCUT2D eigenvalue weighted by Crippen LogP contribution is 2.32. The van der Waals surface area contributed by atoms with Crippen molar-refractivity contribution in [3.05, 3.63) is 24.3 Å². The zero-order chi connectivity index (χ0) is 13.9. The van der Waals surface area contributed by atoms with E-state index in [2.05, 4.69) is 21.9 Å². The first-order valence-electron chi connectivity index (χ1n) is 7.63. The summed E-state index contributed by atoms with van der Waals surface area (Å²) in [5, 5.41) is 0. The van der Waals surface area contributed by atoms with Crippen molar-refractivity contribution >= 4 is 5.69 Å². The van der Waals surface area contributed by atoms with Gasteiger partial charge in [0, 0.05) is 44.5 Å². The van der Waals surface area contributed by atoms with Crippen LogP contribution in [0.2, 0.25) is 0 Å². The largest absolute Gasteiger partial charge is 0.497 e. The lowest BCUT2D eigenvalue weighted by atomic mass is 10.1. The van der Waals surface area contributed by atoms with E-state index in [1.165, 1.54) is 18.5 Å². The molecule has 1 aromatic carbocycles. The van der Waals surface area contributed by atoms with Crippen LogP contribution in [0.1, 0.15) is 12.8 Å². The Kier molecular flexibility index (Phi) is 4.13. The average molecular weight is 275 g/mol. The lowest BCUT2D eigenvalue weighted by molar-refractivity contribution is 0.235. The summed E-state index contributed by atoms with van der Waals surface area (Å²) in [5.74, 6) is 1.72. The SMILES string of the molecule is COc1ccc(N2CCN(CC(N)C3CC3)CC2)cc1. The van der Waals surface area contributed by atoms with E-state index in [9.17, 15) is 0 Å². The molecule has 1 aliphatic heterocycles. The molecule has 1 heterocycles. The molecule has 1 aromatic rings. The van der Waals surface area contributed by atoms with Crippen molar-refractivity contribution in [1.29, 1.82) is 0 Å². The third-order valence-corrected chi connectivity index (χ3v) is 4.51. The van der Waals surface area contributed by atoms with Gasteiger partial charge in [0.25, 0.3) is 0 Å². The zero-order valence-corrected chi connectivity index (χ0v) is 12.3. The molecule has 4 nitrogen and oxygen atoms in total. The number of hydrogen-bond acceptors (Lipinski definition) is 4. The number of methoxy groups -OCH3 is 1. The summed E-state index contributed by atoms with van der Waals surface area (Å²) in [6.45, 7) is 5.48. The number of hydrogen-bond donors (Lipinski definition) is 1. The molecule has 2 N–H and O–H groups in total. The summed E-state index contributed by atoms with van der Waals surface area (Å²) in [6.07, 6.45) is 2.68. The Morgan fingerprint density at radius 2 is 1.80 bits per heavy atom. The van der Waals surface area contributed by atoms with Crippen molar-refractivity contribution in [2.24, 2.45) is 11.7 Å². The lowest BCUT2D eigenvalue weighted by Gasteiger charge is -2.37. The van der Waals surface area contributed by atoms with Crippen LogP contribution in [0.4, 0.5) is 5.69 Å². The van der Waals surface area contributed by atoms with Gasteiger partial charge in [0.15, 0.2) is 0 Å². The Labute approximate surface area is 121 Å². The molecule has 1 aliphatic carbocycles. The minimum Gasteiger partial charge on any atom is -0.497 e. The van der Waals surface area contributed by atoms with E-state index in [1.54, 1.807) is 7.11 Å². The van der Waals surface area contributed by atoms with E-state index in [4.69, 9.17) is 10.5 Å². The van der Waals surface area contributed by atoms with E-state index in [1.807, 2.05) is 12.1 Å². The molecule has 4 heteroatoms. The fourth-order valence-corrected chi connectivity index (χ4v) is 2.95. The predicted octanol–water partition coefficient (Wildman–Crippen LogP) is 1.55. The summed E-state index contributed by atoms with van der Waals surface area (Å²) < 4.78 is 5.20. The Morgan fingerprint density at radius 3 is 2.35 bits per heavy atom. The molecular weight excluding hydrogens is 250 g/mol. The molecule has 1 atom stereocenters. The minimum absolute atomic E-state index is 0.391. The topological polar surface area (TPSA) is 41.7 Å². The quantitative estimate of drug-likeness (QED) is 0.885. The van der Waals surface area contributed by atoms with Gasteiger partial charge in [0.2, 0.25) is 0 Å². The van der Waals surface area contributed by atoms with Gasteiger partial charge in [0.1, 0.15) is 5.75 Å². The van der Waals surface area contributed by atoms with Crippen molar-refractivity contribution in [2.75, 3.05) is 44.7 Å². The second-order valence-corrected chi connectivity index (χ2v) is 5.99. The van der Waals surface area contributed by atoms with E-state index < -0.39 is 0 Å². The molecule has 20 heavy (non-hydrogen) atoms. The van der Waals surface area contributed by atoms with Crippen LogP contribution in [0.3, 0.4) is 0 Å². The summed E-state index contributed by atoms with van der Waals surface area (Å²) in [7, 11) is 1.71. The first-order chi connectivity index (χ1) is 9.76. The summed E-state index contributed by atoms with van der Waals surface area (Å²) in [6, 6.07) is 8.74. The Balaban J connectivity index is 1.49. The van der Waals surface area contributed by atoms with Crippen molar-refractivity contribution < 1.29 is 4.74 Å². The van der Waals surface area contributed by atoms with Crippen LogP contribution >= 0.6 is 0 Å². The summed E-state index contributed by atoms with van der Waals surface area (Å²) in [4.78, 5) is 4.96.